The molecule has 3 heterocycles. The standard InChI is InChI=1S/C20H20N4O4S/c1-27-12-18(25)24-7-8-28-17(11-24)16-10-14(13-4-2-3-5-15(13)22-16)19(26)23-20-21-6-9-29-20/h2-6,9-10,17H,7-8,11-12H2,1H3,(H,21,23,26)/t17-/m1/s1. The average Bonchev–Trinajstić information content (AvgIpc) is 3.26. The minimum Gasteiger partial charge on any atom is -0.375 e. The van der Waals surface area contributed by atoms with Gasteiger partial charge in [-0.2, -0.15) is 0 Å². The summed E-state index contributed by atoms with van der Waals surface area (Å²) in [6, 6.07) is 9.19. The number of thiazole rings is 1. The van der Waals surface area contributed by atoms with E-state index in [4.69, 9.17) is 14.5 Å². The normalized spacial score (nSPS) is 16.7. The van der Waals surface area contributed by atoms with Gasteiger partial charge in [0, 0.05) is 30.6 Å². The maximum atomic E-state index is 12.9. The van der Waals surface area contributed by atoms with Crippen molar-refractivity contribution in [3.63, 3.8) is 0 Å². The first-order chi connectivity index (χ1) is 14.2. The zero-order valence-corrected chi connectivity index (χ0v) is 16.6. The number of fused-ring (bicyclic) bond motifs is 1. The van der Waals surface area contributed by atoms with E-state index >= 15 is 0 Å². The van der Waals surface area contributed by atoms with Crippen LogP contribution >= 0.6 is 11.3 Å². The third kappa shape index (κ3) is 4.26. The van der Waals surface area contributed by atoms with E-state index in [1.165, 1.54) is 18.4 Å². The van der Waals surface area contributed by atoms with Crippen LogP contribution in [0, 0.1) is 0 Å². The number of carbonyl (C=O) groups is 2. The van der Waals surface area contributed by atoms with E-state index in [0.717, 1.165) is 5.39 Å². The molecule has 150 valence electrons. The molecule has 0 unspecified atom stereocenters. The third-order valence-electron chi connectivity index (χ3n) is 4.65. The van der Waals surface area contributed by atoms with Crippen molar-refractivity contribution < 1.29 is 19.1 Å². The van der Waals surface area contributed by atoms with Gasteiger partial charge in [0.15, 0.2) is 5.13 Å². The summed E-state index contributed by atoms with van der Waals surface area (Å²) in [6.07, 6.45) is 1.22. The van der Waals surface area contributed by atoms with Crippen molar-refractivity contribution >= 4 is 39.2 Å². The van der Waals surface area contributed by atoms with Crippen molar-refractivity contribution in [3.05, 3.63) is 53.2 Å². The molecular formula is C20H20N4O4S. The highest BCUT2D eigenvalue weighted by Crippen LogP contribution is 2.27. The van der Waals surface area contributed by atoms with Gasteiger partial charge < -0.3 is 14.4 Å². The van der Waals surface area contributed by atoms with Gasteiger partial charge in [-0.25, -0.2) is 9.97 Å². The number of nitrogens with zero attached hydrogens (tertiary/aromatic N) is 3. The third-order valence-corrected chi connectivity index (χ3v) is 5.34. The van der Waals surface area contributed by atoms with Crippen molar-refractivity contribution in [1.29, 1.82) is 0 Å². The number of hydrogen-bond acceptors (Lipinski definition) is 7. The molecular weight excluding hydrogens is 392 g/mol. The fourth-order valence-corrected chi connectivity index (χ4v) is 3.79. The van der Waals surface area contributed by atoms with Crippen LogP contribution in [-0.4, -0.2) is 60.1 Å². The number of methoxy groups -OCH3 is 1. The first-order valence-electron chi connectivity index (χ1n) is 9.14. The molecule has 1 N–H and O–H groups in total. The second-order valence-electron chi connectivity index (χ2n) is 6.54. The Balaban J connectivity index is 1.66. The van der Waals surface area contributed by atoms with Crippen LogP contribution in [0.2, 0.25) is 0 Å². The lowest BCUT2D eigenvalue weighted by molar-refractivity contribution is -0.143. The molecule has 1 aromatic carbocycles. The van der Waals surface area contributed by atoms with Crippen molar-refractivity contribution in [2.75, 3.05) is 38.7 Å². The Kier molecular flexibility index (Phi) is 5.79. The van der Waals surface area contributed by atoms with Gasteiger partial charge in [0.05, 0.1) is 29.9 Å². The number of rotatable bonds is 5. The zero-order chi connectivity index (χ0) is 20.2. The van der Waals surface area contributed by atoms with Crippen LogP contribution in [0.25, 0.3) is 10.9 Å². The van der Waals surface area contributed by atoms with E-state index < -0.39 is 6.10 Å². The Morgan fingerprint density at radius 1 is 1.38 bits per heavy atom. The molecule has 29 heavy (non-hydrogen) atoms. The van der Waals surface area contributed by atoms with Crippen molar-refractivity contribution in [2.45, 2.75) is 6.10 Å². The number of pyridine rings is 1. The van der Waals surface area contributed by atoms with Crippen LogP contribution in [0.4, 0.5) is 5.13 Å². The quantitative estimate of drug-likeness (QED) is 0.692. The van der Waals surface area contributed by atoms with Gasteiger partial charge in [0.1, 0.15) is 12.7 Å². The molecule has 1 aliphatic heterocycles. The topological polar surface area (TPSA) is 93.6 Å². The fraction of sp³-hybridized carbons (Fsp3) is 0.300. The molecule has 0 radical (unpaired) electrons. The highest BCUT2D eigenvalue weighted by Gasteiger charge is 2.27. The molecule has 0 bridgehead atoms. The van der Waals surface area contributed by atoms with Crippen LogP contribution in [0.15, 0.2) is 41.9 Å². The molecule has 0 spiro atoms. The molecule has 4 rings (SSSR count). The summed E-state index contributed by atoms with van der Waals surface area (Å²) in [6.45, 7) is 1.29. The van der Waals surface area contributed by atoms with Crippen molar-refractivity contribution in [1.82, 2.24) is 14.9 Å². The highest BCUT2D eigenvalue weighted by molar-refractivity contribution is 7.13. The molecule has 2 amide bonds. The maximum absolute atomic E-state index is 12.9. The Hall–Kier alpha value is -2.88. The molecule has 0 saturated carbocycles. The Morgan fingerprint density at radius 3 is 3.03 bits per heavy atom. The summed E-state index contributed by atoms with van der Waals surface area (Å²) in [4.78, 5) is 35.6. The lowest BCUT2D eigenvalue weighted by atomic mass is 10.0. The summed E-state index contributed by atoms with van der Waals surface area (Å²) in [7, 11) is 1.49. The highest BCUT2D eigenvalue weighted by atomic mass is 32.1. The number of carbonyl (C=O) groups excluding carboxylic acids is 2. The van der Waals surface area contributed by atoms with Crippen LogP contribution < -0.4 is 5.32 Å². The second-order valence-corrected chi connectivity index (χ2v) is 7.43. The zero-order valence-electron chi connectivity index (χ0n) is 15.8. The molecule has 1 fully saturated rings. The van der Waals surface area contributed by atoms with Crippen molar-refractivity contribution in [3.8, 4) is 0 Å². The molecule has 9 heteroatoms. The molecule has 2 aromatic heterocycles. The predicted molar refractivity (Wildman–Crippen MR) is 109 cm³/mol. The lowest BCUT2D eigenvalue weighted by Gasteiger charge is -2.32. The van der Waals surface area contributed by atoms with Gasteiger partial charge in [0.2, 0.25) is 5.91 Å². The number of amides is 2. The number of hydrogen-bond donors (Lipinski definition) is 1. The lowest BCUT2D eigenvalue weighted by Crippen LogP contribution is -2.44. The van der Waals surface area contributed by atoms with Crippen LogP contribution in [0.1, 0.15) is 22.2 Å². The van der Waals surface area contributed by atoms with E-state index in [1.54, 1.807) is 22.5 Å². The van der Waals surface area contributed by atoms with E-state index in [9.17, 15) is 9.59 Å². The van der Waals surface area contributed by atoms with E-state index in [2.05, 4.69) is 10.3 Å². The number of morpholine rings is 1. The molecule has 1 atom stereocenters. The van der Waals surface area contributed by atoms with Gasteiger partial charge in [-0.15, -0.1) is 11.3 Å². The SMILES string of the molecule is COCC(=O)N1CCO[C@@H](c2cc(C(=O)Nc3nccs3)c3ccccc3n2)C1. The smallest absolute Gasteiger partial charge is 0.258 e. The van der Waals surface area contributed by atoms with E-state index in [-0.39, 0.29) is 18.4 Å². The Bertz CT molecular complexity index is 1020. The number of para-hydroxylation sites is 1. The fourth-order valence-electron chi connectivity index (χ4n) is 3.27. The summed E-state index contributed by atoms with van der Waals surface area (Å²) in [5.74, 6) is -0.355. The van der Waals surface area contributed by atoms with Gasteiger partial charge in [0.25, 0.3) is 5.91 Å². The van der Waals surface area contributed by atoms with Crippen LogP contribution in [0.3, 0.4) is 0 Å². The van der Waals surface area contributed by atoms with Gasteiger partial charge >= 0.3 is 0 Å². The molecule has 1 saturated heterocycles. The Morgan fingerprint density at radius 2 is 2.24 bits per heavy atom. The second kappa shape index (κ2) is 8.64. The van der Waals surface area contributed by atoms with Gasteiger partial charge in [-0.1, -0.05) is 18.2 Å². The summed E-state index contributed by atoms with van der Waals surface area (Å²) >= 11 is 1.35. The molecule has 0 aliphatic carbocycles. The first kappa shape index (κ1) is 19.4. The molecule has 3 aromatic rings. The number of ether oxygens (including phenoxy) is 2. The predicted octanol–water partition coefficient (Wildman–Crippen LogP) is 2.49. The summed E-state index contributed by atoms with van der Waals surface area (Å²) in [5, 5.41) is 5.90. The monoisotopic (exact) mass is 412 g/mol. The molecule has 1 aliphatic rings. The largest absolute Gasteiger partial charge is 0.375 e. The number of nitrogens with one attached hydrogen (secondary N) is 1. The summed E-state index contributed by atoms with van der Waals surface area (Å²) < 4.78 is 10.8. The average molecular weight is 412 g/mol. The Labute approximate surface area is 171 Å². The van der Waals surface area contributed by atoms with Gasteiger partial charge in [-0.05, 0) is 12.1 Å². The number of benzene rings is 1. The number of aromatic nitrogens is 2. The van der Waals surface area contributed by atoms with Crippen LogP contribution in [-0.2, 0) is 14.3 Å². The summed E-state index contributed by atoms with van der Waals surface area (Å²) in [5.41, 5.74) is 1.80. The van der Waals surface area contributed by atoms with E-state index in [0.29, 0.717) is 41.6 Å². The maximum Gasteiger partial charge on any atom is 0.258 e. The van der Waals surface area contributed by atoms with Crippen molar-refractivity contribution in [2.24, 2.45) is 0 Å². The minimum absolute atomic E-state index is 0.0271. The van der Waals surface area contributed by atoms with Gasteiger partial charge in [-0.3, -0.25) is 14.9 Å². The van der Waals surface area contributed by atoms with Crippen LogP contribution in [0.5, 0.6) is 0 Å². The van der Waals surface area contributed by atoms with E-state index in [1.807, 2.05) is 24.3 Å². The first-order valence-corrected chi connectivity index (χ1v) is 10.0. The number of anilines is 1. The minimum atomic E-state index is -0.416. The molecule has 8 nitrogen and oxygen atoms in total.